The first-order valence-corrected chi connectivity index (χ1v) is 9.71. The summed E-state index contributed by atoms with van der Waals surface area (Å²) in [5.41, 5.74) is 2.37. The molecular weight excluding hydrogens is 370 g/mol. The monoisotopic (exact) mass is 397 g/mol. The van der Waals surface area contributed by atoms with Crippen LogP contribution in [0.5, 0.6) is 0 Å². The predicted octanol–water partition coefficient (Wildman–Crippen LogP) is 4.39. The van der Waals surface area contributed by atoms with Gasteiger partial charge in [0.15, 0.2) is 12.4 Å². The van der Waals surface area contributed by atoms with Crippen molar-refractivity contribution in [2.75, 3.05) is 19.0 Å². The first kappa shape index (κ1) is 22.3. The first-order chi connectivity index (χ1) is 14.0. The van der Waals surface area contributed by atoms with Gasteiger partial charge in [0, 0.05) is 24.8 Å². The van der Waals surface area contributed by atoms with Gasteiger partial charge in [0.25, 0.3) is 0 Å². The highest BCUT2D eigenvalue weighted by molar-refractivity contribution is 6.00. The Bertz CT molecular complexity index is 812. The molecule has 0 aliphatic carbocycles. The predicted molar refractivity (Wildman–Crippen MR) is 111 cm³/mol. The smallest absolute Gasteiger partial charge is 0.338 e. The van der Waals surface area contributed by atoms with Gasteiger partial charge in [-0.05, 0) is 48.4 Å². The normalized spacial score (nSPS) is 10.4. The van der Waals surface area contributed by atoms with Crippen molar-refractivity contribution < 1.29 is 23.9 Å². The molecule has 6 heteroatoms. The van der Waals surface area contributed by atoms with Crippen LogP contribution >= 0.6 is 0 Å². The Morgan fingerprint density at radius 3 is 2.17 bits per heavy atom. The van der Waals surface area contributed by atoms with Crippen molar-refractivity contribution >= 4 is 23.3 Å². The molecule has 0 fully saturated rings. The van der Waals surface area contributed by atoms with Gasteiger partial charge in [-0.3, -0.25) is 9.59 Å². The number of benzene rings is 2. The van der Waals surface area contributed by atoms with E-state index < -0.39 is 5.97 Å². The number of amides is 1. The number of ketones is 1. The molecule has 29 heavy (non-hydrogen) atoms. The number of ether oxygens (including phenoxy) is 2. The van der Waals surface area contributed by atoms with Gasteiger partial charge >= 0.3 is 5.97 Å². The molecular formula is C23H27NO5. The summed E-state index contributed by atoms with van der Waals surface area (Å²) in [6.07, 6.45) is 3.43. The molecule has 0 unspecified atom stereocenters. The van der Waals surface area contributed by atoms with E-state index in [1.807, 2.05) is 0 Å². The molecule has 2 aromatic carbocycles. The lowest BCUT2D eigenvalue weighted by Crippen LogP contribution is -2.15. The van der Waals surface area contributed by atoms with Crippen molar-refractivity contribution in [3.8, 4) is 0 Å². The minimum atomic E-state index is -0.557. The molecule has 0 aliphatic heterocycles. The molecule has 1 N–H and O–H groups in total. The molecule has 2 rings (SSSR count). The Kier molecular flexibility index (Phi) is 9.05. The summed E-state index contributed by atoms with van der Waals surface area (Å²) in [4.78, 5) is 36.2. The number of nitrogens with one attached hydrogen (secondary N) is 1. The molecule has 1 amide bonds. The maximum atomic E-state index is 12.2. The lowest BCUT2D eigenvalue weighted by Gasteiger charge is -2.07. The molecule has 0 saturated heterocycles. The highest BCUT2D eigenvalue weighted by Crippen LogP contribution is 2.12. The summed E-state index contributed by atoms with van der Waals surface area (Å²) < 4.78 is 10.1. The minimum Gasteiger partial charge on any atom is -0.454 e. The average Bonchev–Trinajstić information content (AvgIpc) is 2.73. The molecule has 0 aliphatic rings. The molecule has 0 heterocycles. The van der Waals surface area contributed by atoms with E-state index in [-0.39, 0.29) is 18.3 Å². The maximum absolute atomic E-state index is 12.2. The average molecular weight is 397 g/mol. The van der Waals surface area contributed by atoms with Gasteiger partial charge < -0.3 is 14.8 Å². The van der Waals surface area contributed by atoms with E-state index in [0.717, 1.165) is 24.8 Å². The van der Waals surface area contributed by atoms with Crippen molar-refractivity contribution in [1.82, 2.24) is 0 Å². The number of carbonyl (C=O) groups excluding carboxylic acids is 3. The highest BCUT2D eigenvalue weighted by Gasteiger charge is 2.12. The van der Waals surface area contributed by atoms with Gasteiger partial charge in [0.1, 0.15) is 0 Å². The van der Waals surface area contributed by atoms with E-state index in [4.69, 9.17) is 9.47 Å². The van der Waals surface area contributed by atoms with E-state index in [9.17, 15) is 14.4 Å². The number of unbranched alkanes of at least 4 members (excludes halogenated alkanes) is 2. The summed E-state index contributed by atoms with van der Waals surface area (Å²) in [5, 5.41) is 2.81. The molecule has 0 atom stereocenters. The summed E-state index contributed by atoms with van der Waals surface area (Å²) >= 11 is 0. The molecule has 6 nitrogen and oxygen atoms in total. The van der Waals surface area contributed by atoms with Crippen LogP contribution in [0.25, 0.3) is 0 Å². The number of esters is 1. The number of carbonyl (C=O) groups is 3. The third kappa shape index (κ3) is 7.50. The van der Waals surface area contributed by atoms with E-state index in [1.54, 1.807) is 55.6 Å². The van der Waals surface area contributed by atoms with Crippen LogP contribution in [0.15, 0.2) is 48.5 Å². The van der Waals surface area contributed by atoms with Gasteiger partial charge in [-0.2, -0.15) is 0 Å². The fourth-order valence-corrected chi connectivity index (χ4v) is 2.70. The molecule has 154 valence electrons. The quantitative estimate of drug-likeness (QED) is 0.345. The molecule has 0 saturated carbocycles. The van der Waals surface area contributed by atoms with Crippen molar-refractivity contribution in [1.29, 1.82) is 0 Å². The Balaban J connectivity index is 1.82. The number of rotatable bonds is 11. The van der Waals surface area contributed by atoms with Crippen LogP contribution < -0.4 is 5.32 Å². The lowest BCUT2D eigenvalue weighted by atomic mass is 10.1. The van der Waals surface area contributed by atoms with Crippen LogP contribution in [0.1, 0.15) is 58.9 Å². The Labute approximate surface area is 171 Å². The van der Waals surface area contributed by atoms with Crippen LogP contribution in [0.2, 0.25) is 0 Å². The summed E-state index contributed by atoms with van der Waals surface area (Å²) in [7, 11) is 1.60. The number of hydrogen-bond acceptors (Lipinski definition) is 5. The Morgan fingerprint density at radius 2 is 1.55 bits per heavy atom. The van der Waals surface area contributed by atoms with E-state index in [1.165, 1.54) is 0 Å². The van der Waals surface area contributed by atoms with Crippen molar-refractivity contribution in [2.45, 2.75) is 39.2 Å². The van der Waals surface area contributed by atoms with Gasteiger partial charge in [0.2, 0.25) is 5.91 Å². The topological polar surface area (TPSA) is 81.7 Å². The van der Waals surface area contributed by atoms with Crippen LogP contribution in [-0.4, -0.2) is 31.4 Å². The SMILES string of the molecule is CCCCCC(=O)Nc1ccc(C(=O)COC(=O)c2ccc(COC)cc2)cc1. The van der Waals surface area contributed by atoms with Gasteiger partial charge in [-0.25, -0.2) is 4.79 Å². The zero-order chi connectivity index (χ0) is 21.1. The van der Waals surface area contributed by atoms with Crippen molar-refractivity contribution in [2.24, 2.45) is 0 Å². The second-order valence-electron chi connectivity index (χ2n) is 6.71. The lowest BCUT2D eigenvalue weighted by molar-refractivity contribution is -0.116. The minimum absolute atomic E-state index is 0.0389. The fourth-order valence-electron chi connectivity index (χ4n) is 2.70. The Hall–Kier alpha value is -2.99. The molecule has 0 aromatic heterocycles. The van der Waals surface area contributed by atoms with Crippen LogP contribution in [0.4, 0.5) is 5.69 Å². The highest BCUT2D eigenvalue weighted by atomic mass is 16.5. The van der Waals surface area contributed by atoms with Crippen LogP contribution in [0.3, 0.4) is 0 Å². The molecule has 0 radical (unpaired) electrons. The summed E-state index contributed by atoms with van der Waals surface area (Å²) in [5.74, 6) is -0.906. The van der Waals surface area contributed by atoms with E-state index in [2.05, 4.69) is 12.2 Å². The van der Waals surface area contributed by atoms with Crippen molar-refractivity contribution in [3.05, 3.63) is 65.2 Å². The van der Waals surface area contributed by atoms with Crippen LogP contribution in [0, 0.1) is 0 Å². The first-order valence-electron chi connectivity index (χ1n) is 9.71. The van der Waals surface area contributed by atoms with Gasteiger partial charge in [-0.1, -0.05) is 31.9 Å². The third-order valence-electron chi connectivity index (χ3n) is 4.33. The second kappa shape index (κ2) is 11.8. The third-order valence-corrected chi connectivity index (χ3v) is 4.33. The second-order valence-corrected chi connectivity index (χ2v) is 6.71. The zero-order valence-electron chi connectivity index (χ0n) is 16.9. The van der Waals surface area contributed by atoms with E-state index in [0.29, 0.717) is 29.8 Å². The van der Waals surface area contributed by atoms with Gasteiger partial charge in [-0.15, -0.1) is 0 Å². The Morgan fingerprint density at radius 1 is 0.897 bits per heavy atom. The number of methoxy groups -OCH3 is 1. The fraction of sp³-hybridized carbons (Fsp3) is 0.348. The molecule has 0 bridgehead atoms. The zero-order valence-corrected chi connectivity index (χ0v) is 16.9. The summed E-state index contributed by atoms with van der Waals surface area (Å²) in [6, 6.07) is 13.4. The van der Waals surface area contributed by atoms with Crippen LogP contribution in [-0.2, 0) is 20.9 Å². The number of anilines is 1. The summed E-state index contributed by atoms with van der Waals surface area (Å²) in [6.45, 7) is 2.20. The molecule has 0 spiro atoms. The van der Waals surface area contributed by atoms with Gasteiger partial charge in [0.05, 0.1) is 12.2 Å². The van der Waals surface area contributed by atoms with Crippen molar-refractivity contribution in [3.63, 3.8) is 0 Å². The van der Waals surface area contributed by atoms with E-state index >= 15 is 0 Å². The number of Topliss-reactive ketones (excluding diaryl/α,β-unsaturated/α-hetero) is 1. The largest absolute Gasteiger partial charge is 0.454 e. The maximum Gasteiger partial charge on any atom is 0.338 e. The molecule has 2 aromatic rings. The number of hydrogen-bond donors (Lipinski definition) is 1. The standard InChI is InChI=1S/C23H27NO5/c1-3-4-5-6-22(26)24-20-13-11-18(12-14-20)21(25)16-29-23(27)19-9-7-17(8-10-19)15-28-2/h7-14H,3-6,15-16H2,1-2H3,(H,24,26).